The lowest BCUT2D eigenvalue weighted by Crippen LogP contribution is -2.13. The molecule has 0 unspecified atom stereocenters. The van der Waals surface area contributed by atoms with E-state index >= 15 is 0 Å². The molecule has 6 nitrogen and oxygen atoms in total. The predicted molar refractivity (Wildman–Crippen MR) is 80.3 cm³/mol. The molecule has 0 aliphatic carbocycles. The molecule has 9 heteroatoms. The van der Waals surface area contributed by atoms with Crippen molar-refractivity contribution in [3.05, 3.63) is 75.2 Å². The Labute approximate surface area is 139 Å². The molecule has 0 amide bonds. The summed E-state index contributed by atoms with van der Waals surface area (Å²) in [7, 11) is 1.26. The smallest absolute Gasteiger partial charge is 0.346 e. The molecule has 130 valence electrons. The minimum Gasteiger partial charge on any atom is -0.493 e. The van der Waals surface area contributed by atoms with Crippen molar-refractivity contribution in [2.75, 3.05) is 7.11 Å². The third-order valence-electron chi connectivity index (χ3n) is 3.03. The molecule has 0 aromatic heterocycles. The second-order valence-electron chi connectivity index (χ2n) is 4.62. The standard InChI is InChI=1S/C16H10F3NO5/c1-24-13-8-9(6-7-20(22)23)2-5-12(13)25-16(21)10-3-4-11(17)15(19)14(10)18/h2-8H,1H3/b7-6+. The van der Waals surface area contributed by atoms with E-state index in [1.54, 1.807) is 0 Å². The van der Waals surface area contributed by atoms with Crippen molar-refractivity contribution in [3.63, 3.8) is 0 Å². The monoisotopic (exact) mass is 353 g/mol. The Morgan fingerprint density at radius 3 is 2.48 bits per heavy atom. The van der Waals surface area contributed by atoms with Crippen LogP contribution >= 0.6 is 0 Å². The van der Waals surface area contributed by atoms with Crippen molar-refractivity contribution in [1.82, 2.24) is 0 Å². The molecule has 0 spiro atoms. The largest absolute Gasteiger partial charge is 0.493 e. The van der Waals surface area contributed by atoms with E-state index in [4.69, 9.17) is 9.47 Å². The molecule has 0 saturated carbocycles. The fourth-order valence-corrected chi connectivity index (χ4v) is 1.86. The molecule has 0 N–H and O–H groups in total. The summed E-state index contributed by atoms with van der Waals surface area (Å²) in [4.78, 5) is 21.6. The number of carbonyl (C=O) groups is 1. The van der Waals surface area contributed by atoms with Crippen molar-refractivity contribution >= 4 is 12.0 Å². The molecule has 0 atom stereocenters. The predicted octanol–water partition coefficient (Wildman–Crippen LogP) is 3.58. The number of hydrogen-bond acceptors (Lipinski definition) is 5. The number of halogens is 3. The van der Waals surface area contributed by atoms with E-state index < -0.39 is 33.9 Å². The second kappa shape index (κ2) is 7.47. The lowest BCUT2D eigenvalue weighted by Gasteiger charge is -2.10. The van der Waals surface area contributed by atoms with Crippen LogP contribution in [-0.2, 0) is 0 Å². The molecule has 25 heavy (non-hydrogen) atoms. The fourth-order valence-electron chi connectivity index (χ4n) is 1.86. The summed E-state index contributed by atoms with van der Waals surface area (Å²) in [6.07, 6.45) is 1.89. The zero-order valence-corrected chi connectivity index (χ0v) is 12.7. The van der Waals surface area contributed by atoms with Gasteiger partial charge in [0.25, 0.3) is 0 Å². The van der Waals surface area contributed by atoms with E-state index in [1.165, 1.54) is 31.4 Å². The van der Waals surface area contributed by atoms with Gasteiger partial charge in [-0.2, -0.15) is 0 Å². The van der Waals surface area contributed by atoms with Gasteiger partial charge in [-0.15, -0.1) is 0 Å². The zero-order chi connectivity index (χ0) is 18.6. The molecule has 2 aromatic rings. The van der Waals surface area contributed by atoms with E-state index in [-0.39, 0.29) is 11.5 Å². The highest BCUT2D eigenvalue weighted by Crippen LogP contribution is 2.29. The van der Waals surface area contributed by atoms with Crippen LogP contribution in [0.2, 0.25) is 0 Å². The maximum absolute atomic E-state index is 13.6. The molecule has 0 heterocycles. The first-order valence-corrected chi connectivity index (χ1v) is 6.69. The average molecular weight is 353 g/mol. The molecular weight excluding hydrogens is 343 g/mol. The summed E-state index contributed by atoms with van der Waals surface area (Å²) >= 11 is 0. The minimum atomic E-state index is -1.79. The Morgan fingerprint density at radius 2 is 1.84 bits per heavy atom. The molecule has 0 bridgehead atoms. The van der Waals surface area contributed by atoms with Crippen molar-refractivity contribution in [1.29, 1.82) is 0 Å². The highest BCUT2D eigenvalue weighted by Gasteiger charge is 2.21. The SMILES string of the molecule is COc1cc(/C=C/[N+](=O)[O-])ccc1OC(=O)c1ccc(F)c(F)c1F. The lowest BCUT2D eigenvalue weighted by molar-refractivity contribution is -0.400. The molecule has 0 aliphatic heterocycles. The number of hydrogen-bond donors (Lipinski definition) is 0. The van der Waals surface area contributed by atoms with E-state index in [0.29, 0.717) is 17.8 Å². The second-order valence-corrected chi connectivity index (χ2v) is 4.62. The number of benzene rings is 2. The number of esters is 1. The van der Waals surface area contributed by atoms with Crippen LogP contribution in [0.4, 0.5) is 13.2 Å². The van der Waals surface area contributed by atoms with Crippen LogP contribution in [-0.4, -0.2) is 18.0 Å². The van der Waals surface area contributed by atoms with Crippen LogP contribution in [0.1, 0.15) is 15.9 Å². The summed E-state index contributed by atoms with van der Waals surface area (Å²) < 4.78 is 49.6. The van der Waals surface area contributed by atoms with E-state index in [9.17, 15) is 28.1 Å². The van der Waals surface area contributed by atoms with Crippen molar-refractivity contribution in [3.8, 4) is 11.5 Å². The lowest BCUT2D eigenvalue weighted by atomic mass is 10.2. The molecule has 0 radical (unpaired) electrons. The number of nitro groups is 1. The molecular formula is C16H10F3NO5. The summed E-state index contributed by atoms with van der Waals surface area (Å²) in [6, 6.07) is 5.32. The number of carbonyl (C=O) groups excluding carboxylic acids is 1. The maximum Gasteiger partial charge on any atom is 0.346 e. The van der Waals surface area contributed by atoms with Crippen LogP contribution in [0, 0.1) is 27.6 Å². The average Bonchev–Trinajstić information content (AvgIpc) is 2.58. The molecule has 2 aromatic carbocycles. The van der Waals surface area contributed by atoms with E-state index in [1.807, 2.05) is 0 Å². The van der Waals surface area contributed by atoms with Gasteiger partial charge in [0.1, 0.15) is 0 Å². The van der Waals surface area contributed by atoms with Crippen molar-refractivity contribution in [2.24, 2.45) is 0 Å². The number of methoxy groups -OCH3 is 1. The summed E-state index contributed by atoms with van der Waals surface area (Å²) in [6.45, 7) is 0. The molecule has 0 saturated heterocycles. The Kier molecular flexibility index (Phi) is 5.38. The highest BCUT2D eigenvalue weighted by atomic mass is 19.2. The summed E-state index contributed by atoms with van der Waals surface area (Å²) in [5.74, 6) is -6.26. The van der Waals surface area contributed by atoms with Crippen molar-refractivity contribution < 1.29 is 32.4 Å². The normalized spacial score (nSPS) is 10.7. The first kappa shape index (κ1) is 18.0. The first-order valence-electron chi connectivity index (χ1n) is 6.69. The van der Waals surface area contributed by atoms with Gasteiger partial charge < -0.3 is 9.47 Å². The van der Waals surface area contributed by atoms with Gasteiger partial charge in [-0.25, -0.2) is 18.0 Å². The first-order chi connectivity index (χ1) is 11.8. The molecule has 0 fully saturated rings. The van der Waals surface area contributed by atoms with Gasteiger partial charge >= 0.3 is 5.97 Å². The van der Waals surface area contributed by atoms with Gasteiger partial charge in [-0.1, -0.05) is 6.07 Å². The topological polar surface area (TPSA) is 78.7 Å². The number of nitrogens with zero attached hydrogens (tertiary/aromatic N) is 1. The Bertz CT molecular complexity index is 867. The Balaban J connectivity index is 2.29. The van der Waals surface area contributed by atoms with Gasteiger partial charge in [-0.05, 0) is 29.8 Å². The van der Waals surface area contributed by atoms with Crippen LogP contribution in [0.25, 0.3) is 6.08 Å². The maximum atomic E-state index is 13.6. The number of ether oxygens (including phenoxy) is 2. The van der Waals surface area contributed by atoms with Crippen LogP contribution in [0.15, 0.2) is 36.5 Å². The third-order valence-corrected chi connectivity index (χ3v) is 3.03. The third kappa shape index (κ3) is 4.14. The van der Waals surface area contributed by atoms with Gasteiger partial charge in [-0.3, -0.25) is 10.1 Å². The summed E-state index contributed by atoms with van der Waals surface area (Å²) in [5.41, 5.74) is -0.411. The van der Waals surface area contributed by atoms with Crippen LogP contribution in [0.5, 0.6) is 11.5 Å². The minimum absolute atomic E-state index is 0.0295. The summed E-state index contributed by atoms with van der Waals surface area (Å²) in [5, 5.41) is 10.3. The van der Waals surface area contributed by atoms with Crippen molar-refractivity contribution in [2.45, 2.75) is 0 Å². The van der Waals surface area contributed by atoms with Crippen LogP contribution in [0.3, 0.4) is 0 Å². The van der Waals surface area contributed by atoms with Gasteiger partial charge in [0, 0.05) is 6.08 Å². The Hall–Kier alpha value is -3.36. The van der Waals surface area contributed by atoms with E-state index in [0.717, 1.165) is 6.07 Å². The Morgan fingerprint density at radius 1 is 1.12 bits per heavy atom. The highest BCUT2D eigenvalue weighted by molar-refractivity contribution is 5.91. The molecule has 0 aliphatic rings. The quantitative estimate of drug-likeness (QED) is 0.270. The van der Waals surface area contributed by atoms with Gasteiger partial charge in [0.15, 0.2) is 29.0 Å². The van der Waals surface area contributed by atoms with E-state index in [2.05, 4.69) is 0 Å². The van der Waals surface area contributed by atoms with Crippen LogP contribution < -0.4 is 9.47 Å². The van der Waals surface area contributed by atoms with Gasteiger partial charge in [0.2, 0.25) is 6.20 Å². The van der Waals surface area contributed by atoms with Gasteiger partial charge in [0.05, 0.1) is 17.6 Å². The zero-order valence-electron chi connectivity index (χ0n) is 12.7. The molecule has 2 rings (SSSR count). The fraction of sp³-hybridized carbons (Fsp3) is 0.0625. The number of rotatable bonds is 5.